The number of halogens is 1. The first kappa shape index (κ1) is 19.3. The molecule has 23 heavy (non-hydrogen) atoms. The highest BCUT2D eigenvalue weighted by molar-refractivity contribution is 14.0. The normalized spacial score (nSPS) is 10.6. The van der Waals surface area contributed by atoms with Crippen LogP contribution >= 0.6 is 24.0 Å². The summed E-state index contributed by atoms with van der Waals surface area (Å²) < 4.78 is 5.23. The SMILES string of the molecule is CN=C(NCCc1cccc(OC)c1)NCc1ccccc1.I. The lowest BCUT2D eigenvalue weighted by atomic mass is 10.1. The van der Waals surface area contributed by atoms with E-state index >= 15 is 0 Å². The number of ether oxygens (including phenoxy) is 1. The van der Waals surface area contributed by atoms with Gasteiger partial charge in [-0.15, -0.1) is 24.0 Å². The second kappa shape index (κ2) is 10.9. The van der Waals surface area contributed by atoms with Gasteiger partial charge in [0.25, 0.3) is 0 Å². The summed E-state index contributed by atoms with van der Waals surface area (Å²) in [6.07, 6.45) is 0.920. The number of guanidine groups is 1. The first-order valence-corrected chi connectivity index (χ1v) is 7.43. The molecular weight excluding hydrogens is 401 g/mol. The van der Waals surface area contributed by atoms with Gasteiger partial charge in [0.05, 0.1) is 7.11 Å². The Labute approximate surface area is 155 Å². The lowest BCUT2D eigenvalue weighted by Crippen LogP contribution is -2.37. The van der Waals surface area contributed by atoms with Gasteiger partial charge in [-0.25, -0.2) is 0 Å². The molecule has 0 atom stereocenters. The summed E-state index contributed by atoms with van der Waals surface area (Å²) in [7, 11) is 3.47. The summed E-state index contributed by atoms with van der Waals surface area (Å²) >= 11 is 0. The van der Waals surface area contributed by atoms with Crippen LogP contribution in [0.4, 0.5) is 0 Å². The molecule has 0 aliphatic rings. The van der Waals surface area contributed by atoms with Gasteiger partial charge in [0.1, 0.15) is 5.75 Å². The summed E-state index contributed by atoms with van der Waals surface area (Å²) in [6, 6.07) is 18.4. The largest absolute Gasteiger partial charge is 0.497 e. The van der Waals surface area contributed by atoms with Crippen LogP contribution in [0.1, 0.15) is 11.1 Å². The monoisotopic (exact) mass is 425 g/mol. The number of benzene rings is 2. The van der Waals surface area contributed by atoms with E-state index in [0.29, 0.717) is 0 Å². The predicted molar refractivity (Wildman–Crippen MR) is 107 cm³/mol. The van der Waals surface area contributed by atoms with Crippen LogP contribution in [0.3, 0.4) is 0 Å². The second-order valence-electron chi connectivity index (χ2n) is 4.94. The zero-order valence-electron chi connectivity index (χ0n) is 13.6. The van der Waals surface area contributed by atoms with Gasteiger partial charge in [0.15, 0.2) is 5.96 Å². The molecule has 2 rings (SSSR count). The highest BCUT2D eigenvalue weighted by atomic mass is 127. The van der Waals surface area contributed by atoms with Crippen molar-refractivity contribution in [2.75, 3.05) is 20.7 Å². The molecule has 0 amide bonds. The van der Waals surface area contributed by atoms with Gasteiger partial charge in [-0.2, -0.15) is 0 Å². The molecule has 2 N–H and O–H groups in total. The Bertz CT molecular complexity index is 602. The summed E-state index contributed by atoms with van der Waals surface area (Å²) in [6.45, 7) is 1.58. The van der Waals surface area contributed by atoms with Crippen LogP contribution in [-0.4, -0.2) is 26.7 Å². The van der Waals surface area contributed by atoms with Crippen LogP contribution in [0.15, 0.2) is 59.6 Å². The Hall–Kier alpha value is -1.76. The van der Waals surface area contributed by atoms with Crippen LogP contribution in [0, 0.1) is 0 Å². The summed E-state index contributed by atoms with van der Waals surface area (Å²) in [4.78, 5) is 4.24. The van der Waals surface area contributed by atoms with E-state index in [1.54, 1.807) is 14.2 Å². The summed E-state index contributed by atoms with van der Waals surface area (Å²) in [5.41, 5.74) is 2.48. The molecule has 0 aliphatic carbocycles. The van der Waals surface area contributed by atoms with Gasteiger partial charge < -0.3 is 15.4 Å². The fraction of sp³-hybridized carbons (Fsp3) is 0.278. The predicted octanol–water partition coefficient (Wildman–Crippen LogP) is 3.22. The molecule has 0 heterocycles. The number of methoxy groups -OCH3 is 1. The van der Waals surface area contributed by atoms with E-state index in [9.17, 15) is 0 Å². The minimum atomic E-state index is 0. The fourth-order valence-corrected chi connectivity index (χ4v) is 2.16. The van der Waals surface area contributed by atoms with Crippen LogP contribution < -0.4 is 15.4 Å². The van der Waals surface area contributed by atoms with Crippen molar-refractivity contribution in [1.29, 1.82) is 0 Å². The molecular formula is C18H24IN3O. The highest BCUT2D eigenvalue weighted by Crippen LogP contribution is 2.12. The fourth-order valence-electron chi connectivity index (χ4n) is 2.16. The highest BCUT2D eigenvalue weighted by Gasteiger charge is 1.99. The van der Waals surface area contributed by atoms with Crippen molar-refractivity contribution in [1.82, 2.24) is 10.6 Å². The summed E-state index contributed by atoms with van der Waals surface area (Å²) in [5.74, 6) is 1.70. The molecule has 0 spiro atoms. The van der Waals surface area contributed by atoms with Crippen molar-refractivity contribution in [3.8, 4) is 5.75 Å². The van der Waals surface area contributed by atoms with Crippen molar-refractivity contribution < 1.29 is 4.74 Å². The van der Waals surface area contributed by atoms with Crippen molar-refractivity contribution in [3.63, 3.8) is 0 Å². The number of rotatable bonds is 6. The zero-order valence-corrected chi connectivity index (χ0v) is 15.9. The topological polar surface area (TPSA) is 45.7 Å². The number of aliphatic imine (C=N–C) groups is 1. The molecule has 0 bridgehead atoms. The first-order chi connectivity index (χ1) is 10.8. The summed E-state index contributed by atoms with van der Waals surface area (Å²) in [5, 5.41) is 6.63. The molecule has 2 aromatic carbocycles. The molecule has 0 radical (unpaired) electrons. The lowest BCUT2D eigenvalue weighted by Gasteiger charge is -2.12. The number of hydrogen-bond donors (Lipinski definition) is 2. The third-order valence-corrected chi connectivity index (χ3v) is 3.37. The number of nitrogens with zero attached hydrogens (tertiary/aromatic N) is 1. The van der Waals surface area contributed by atoms with Gasteiger partial charge in [-0.3, -0.25) is 4.99 Å². The molecule has 0 unspecified atom stereocenters. The first-order valence-electron chi connectivity index (χ1n) is 7.43. The van der Waals surface area contributed by atoms with E-state index in [4.69, 9.17) is 4.74 Å². The van der Waals surface area contributed by atoms with Crippen molar-refractivity contribution >= 4 is 29.9 Å². The molecule has 4 nitrogen and oxygen atoms in total. The van der Waals surface area contributed by atoms with Gasteiger partial charge >= 0.3 is 0 Å². The molecule has 0 aromatic heterocycles. The van der Waals surface area contributed by atoms with Crippen LogP contribution in [0.2, 0.25) is 0 Å². The standard InChI is InChI=1S/C18H23N3O.HI/c1-19-18(21-14-16-7-4-3-5-8-16)20-12-11-15-9-6-10-17(13-15)22-2;/h3-10,13H,11-12,14H2,1-2H3,(H2,19,20,21);1H. The van der Waals surface area contributed by atoms with Crippen LogP contribution in [-0.2, 0) is 13.0 Å². The maximum atomic E-state index is 5.23. The Morgan fingerprint density at radius 2 is 1.74 bits per heavy atom. The molecule has 5 heteroatoms. The Morgan fingerprint density at radius 1 is 1.00 bits per heavy atom. The minimum absolute atomic E-state index is 0. The number of nitrogens with one attached hydrogen (secondary N) is 2. The van der Waals surface area contributed by atoms with E-state index in [-0.39, 0.29) is 24.0 Å². The number of hydrogen-bond acceptors (Lipinski definition) is 2. The van der Waals surface area contributed by atoms with E-state index in [1.807, 2.05) is 30.3 Å². The molecule has 0 fully saturated rings. The third-order valence-electron chi connectivity index (χ3n) is 3.37. The Kier molecular flexibility index (Phi) is 9.12. The average molecular weight is 425 g/mol. The smallest absolute Gasteiger partial charge is 0.191 e. The van der Waals surface area contributed by atoms with Gasteiger partial charge in [-0.05, 0) is 29.7 Å². The van der Waals surface area contributed by atoms with Gasteiger partial charge in [0, 0.05) is 20.1 Å². The Balaban J connectivity index is 0.00000264. The van der Waals surface area contributed by atoms with Gasteiger partial charge in [0.2, 0.25) is 0 Å². The lowest BCUT2D eigenvalue weighted by molar-refractivity contribution is 0.414. The van der Waals surface area contributed by atoms with Crippen molar-refractivity contribution in [2.45, 2.75) is 13.0 Å². The maximum absolute atomic E-state index is 5.23. The average Bonchev–Trinajstić information content (AvgIpc) is 2.59. The molecule has 0 saturated heterocycles. The quantitative estimate of drug-likeness (QED) is 0.425. The van der Waals surface area contributed by atoms with Crippen molar-refractivity contribution in [3.05, 3.63) is 65.7 Å². The molecule has 0 aliphatic heterocycles. The van der Waals surface area contributed by atoms with Crippen LogP contribution in [0.5, 0.6) is 5.75 Å². The van der Waals surface area contributed by atoms with Crippen molar-refractivity contribution in [2.24, 2.45) is 4.99 Å². The van der Waals surface area contributed by atoms with Crippen LogP contribution in [0.25, 0.3) is 0 Å². The maximum Gasteiger partial charge on any atom is 0.191 e. The molecule has 124 valence electrons. The van der Waals surface area contributed by atoms with E-state index in [1.165, 1.54) is 11.1 Å². The third kappa shape index (κ3) is 6.90. The van der Waals surface area contributed by atoms with E-state index in [0.717, 1.165) is 31.2 Å². The second-order valence-corrected chi connectivity index (χ2v) is 4.94. The molecule has 2 aromatic rings. The van der Waals surface area contributed by atoms with E-state index < -0.39 is 0 Å². The van der Waals surface area contributed by atoms with E-state index in [2.05, 4.69) is 39.9 Å². The molecule has 0 saturated carbocycles. The minimum Gasteiger partial charge on any atom is -0.497 e. The Morgan fingerprint density at radius 3 is 2.43 bits per heavy atom. The zero-order chi connectivity index (χ0) is 15.6. The van der Waals surface area contributed by atoms with Gasteiger partial charge in [-0.1, -0.05) is 42.5 Å².